The Morgan fingerprint density at radius 1 is 1.35 bits per heavy atom. The summed E-state index contributed by atoms with van der Waals surface area (Å²) in [5.74, 6) is 1.85. The monoisotopic (exact) mass is 277 g/mol. The van der Waals surface area contributed by atoms with Crippen molar-refractivity contribution < 1.29 is 9.53 Å². The second kappa shape index (κ2) is 5.19. The molecule has 0 N–H and O–H groups in total. The van der Waals surface area contributed by atoms with Gasteiger partial charge in [-0.2, -0.15) is 0 Å². The first-order valence-corrected chi connectivity index (χ1v) is 7.64. The van der Waals surface area contributed by atoms with Crippen LogP contribution in [0.15, 0.2) is 0 Å². The van der Waals surface area contributed by atoms with Crippen LogP contribution in [-0.2, 0) is 22.4 Å². The first-order chi connectivity index (χ1) is 9.58. The molecule has 2 aliphatic rings. The van der Waals surface area contributed by atoms with Gasteiger partial charge in [0.25, 0.3) is 0 Å². The normalized spacial score (nSPS) is 28.3. The molecule has 3 rings (SSSR count). The van der Waals surface area contributed by atoms with Crippen molar-refractivity contribution in [1.29, 1.82) is 0 Å². The summed E-state index contributed by atoms with van der Waals surface area (Å²) >= 11 is 0. The van der Waals surface area contributed by atoms with Crippen molar-refractivity contribution in [2.45, 2.75) is 52.5 Å². The molecule has 0 aliphatic heterocycles. The molecule has 2 aliphatic carbocycles. The van der Waals surface area contributed by atoms with Crippen molar-refractivity contribution in [1.82, 2.24) is 15.0 Å². The van der Waals surface area contributed by atoms with Crippen molar-refractivity contribution in [2.24, 2.45) is 17.8 Å². The number of carbonyl (C=O) groups is 1. The lowest BCUT2D eigenvalue weighted by atomic mass is 10.0. The molecule has 0 spiro atoms. The van der Waals surface area contributed by atoms with Gasteiger partial charge in [-0.1, -0.05) is 5.21 Å². The largest absolute Gasteiger partial charge is 0.466 e. The zero-order valence-corrected chi connectivity index (χ0v) is 12.5. The van der Waals surface area contributed by atoms with Crippen molar-refractivity contribution in [3.05, 3.63) is 11.4 Å². The lowest BCUT2D eigenvalue weighted by Gasteiger charge is -2.12. The fourth-order valence-electron chi connectivity index (χ4n) is 3.66. The number of hydrogen-bond donors (Lipinski definition) is 0. The zero-order valence-electron chi connectivity index (χ0n) is 12.5. The summed E-state index contributed by atoms with van der Waals surface area (Å²) in [7, 11) is 0. The number of aryl methyl sites for hydroxylation is 1. The molecule has 3 atom stereocenters. The summed E-state index contributed by atoms with van der Waals surface area (Å²) in [4.78, 5) is 10.9. The van der Waals surface area contributed by atoms with Gasteiger partial charge in [0, 0.05) is 13.0 Å². The molecule has 1 aromatic rings. The van der Waals surface area contributed by atoms with E-state index in [1.165, 1.54) is 24.7 Å². The van der Waals surface area contributed by atoms with Crippen LogP contribution in [-0.4, -0.2) is 27.6 Å². The molecule has 1 heterocycles. The molecule has 1 fully saturated rings. The van der Waals surface area contributed by atoms with Gasteiger partial charge in [-0.3, -0.25) is 4.79 Å². The summed E-state index contributed by atoms with van der Waals surface area (Å²) in [6, 6.07) is 0.373. The lowest BCUT2D eigenvalue weighted by Crippen LogP contribution is -2.10. The maximum Gasteiger partial charge on any atom is 0.302 e. The second-order valence-corrected chi connectivity index (χ2v) is 6.39. The number of ether oxygens (including phenoxy) is 1. The molecule has 0 aromatic carbocycles. The molecular formula is C15H23N3O2. The van der Waals surface area contributed by atoms with Gasteiger partial charge >= 0.3 is 5.97 Å². The molecule has 0 bridgehead atoms. The SMILES string of the molecule is CC(=O)OCC1C2CCc3nnn(C(C)C)c3CCC21. The minimum atomic E-state index is -0.162. The number of nitrogens with zero attached hydrogens (tertiary/aromatic N) is 3. The molecule has 1 saturated carbocycles. The molecule has 0 radical (unpaired) electrons. The van der Waals surface area contributed by atoms with Crippen LogP contribution in [0, 0.1) is 17.8 Å². The summed E-state index contributed by atoms with van der Waals surface area (Å²) < 4.78 is 7.26. The van der Waals surface area contributed by atoms with Gasteiger partial charge in [-0.25, -0.2) is 4.68 Å². The Kier molecular flexibility index (Phi) is 3.52. The van der Waals surface area contributed by atoms with E-state index in [2.05, 4.69) is 28.8 Å². The Labute approximate surface area is 119 Å². The fourth-order valence-corrected chi connectivity index (χ4v) is 3.66. The predicted molar refractivity (Wildman–Crippen MR) is 74.2 cm³/mol. The molecule has 0 saturated heterocycles. The highest BCUT2D eigenvalue weighted by atomic mass is 16.5. The smallest absolute Gasteiger partial charge is 0.302 e. The van der Waals surface area contributed by atoms with E-state index in [-0.39, 0.29) is 5.97 Å². The van der Waals surface area contributed by atoms with Gasteiger partial charge in [0.1, 0.15) is 0 Å². The van der Waals surface area contributed by atoms with Gasteiger partial charge in [0.05, 0.1) is 18.0 Å². The van der Waals surface area contributed by atoms with E-state index >= 15 is 0 Å². The number of esters is 1. The maximum absolute atomic E-state index is 10.9. The topological polar surface area (TPSA) is 57.0 Å². The highest BCUT2D eigenvalue weighted by Crippen LogP contribution is 2.52. The van der Waals surface area contributed by atoms with E-state index in [4.69, 9.17) is 4.74 Å². The number of carbonyl (C=O) groups excluding carboxylic acids is 1. The van der Waals surface area contributed by atoms with Crippen LogP contribution in [0.3, 0.4) is 0 Å². The summed E-state index contributed by atoms with van der Waals surface area (Å²) in [5.41, 5.74) is 2.49. The van der Waals surface area contributed by atoms with E-state index in [1.807, 2.05) is 0 Å². The number of rotatable bonds is 3. The highest BCUT2D eigenvalue weighted by Gasteiger charge is 2.50. The third-order valence-corrected chi connectivity index (χ3v) is 4.78. The van der Waals surface area contributed by atoms with E-state index in [9.17, 15) is 4.79 Å². The number of aromatic nitrogens is 3. The molecular weight excluding hydrogens is 254 g/mol. The van der Waals surface area contributed by atoms with Crippen LogP contribution >= 0.6 is 0 Å². The minimum absolute atomic E-state index is 0.162. The standard InChI is InChI=1S/C15H23N3O2/c1-9(2)18-15-7-5-12-11(4-6-14(15)16-17-18)13(12)8-20-10(3)19/h9,11-13H,4-8H2,1-3H3. The molecule has 20 heavy (non-hydrogen) atoms. The van der Waals surface area contributed by atoms with Gasteiger partial charge in [0.2, 0.25) is 0 Å². The Balaban J connectivity index is 1.66. The zero-order chi connectivity index (χ0) is 14.3. The molecule has 0 amide bonds. The number of fused-ring (bicyclic) bond motifs is 2. The van der Waals surface area contributed by atoms with Gasteiger partial charge < -0.3 is 4.74 Å². The molecule has 3 unspecified atom stereocenters. The second-order valence-electron chi connectivity index (χ2n) is 6.39. The van der Waals surface area contributed by atoms with Crippen LogP contribution in [0.25, 0.3) is 0 Å². The van der Waals surface area contributed by atoms with E-state index < -0.39 is 0 Å². The predicted octanol–water partition coefficient (Wildman–Crippen LogP) is 2.16. The van der Waals surface area contributed by atoms with Crippen molar-refractivity contribution in [2.75, 3.05) is 6.61 Å². The van der Waals surface area contributed by atoms with Crippen LogP contribution < -0.4 is 0 Å². The molecule has 5 heteroatoms. The first kappa shape index (κ1) is 13.6. The average molecular weight is 277 g/mol. The Hall–Kier alpha value is -1.39. The summed E-state index contributed by atoms with van der Waals surface area (Å²) in [6.45, 7) is 6.39. The van der Waals surface area contributed by atoms with Crippen LogP contribution in [0.2, 0.25) is 0 Å². The Bertz CT molecular complexity index is 509. The highest BCUT2D eigenvalue weighted by molar-refractivity contribution is 5.65. The lowest BCUT2D eigenvalue weighted by molar-refractivity contribution is -0.141. The summed E-state index contributed by atoms with van der Waals surface area (Å²) in [6.07, 6.45) is 4.39. The van der Waals surface area contributed by atoms with Gasteiger partial charge in [-0.05, 0) is 57.3 Å². The molecule has 5 nitrogen and oxygen atoms in total. The van der Waals surface area contributed by atoms with Crippen molar-refractivity contribution >= 4 is 5.97 Å². The molecule has 1 aromatic heterocycles. The third kappa shape index (κ3) is 2.45. The summed E-state index contributed by atoms with van der Waals surface area (Å²) in [5, 5.41) is 8.66. The third-order valence-electron chi connectivity index (χ3n) is 4.78. The quantitative estimate of drug-likeness (QED) is 0.794. The Morgan fingerprint density at radius 2 is 2.05 bits per heavy atom. The first-order valence-electron chi connectivity index (χ1n) is 7.64. The fraction of sp³-hybridized carbons (Fsp3) is 0.800. The van der Waals surface area contributed by atoms with Crippen LogP contribution in [0.1, 0.15) is 51.0 Å². The Morgan fingerprint density at radius 3 is 2.70 bits per heavy atom. The van der Waals surface area contributed by atoms with Crippen LogP contribution in [0.5, 0.6) is 0 Å². The van der Waals surface area contributed by atoms with Crippen LogP contribution in [0.4, 0.5) is 0 Å². The van der Waals surface area contributed by atoms with Gasteiger partial charge in [0.15, 0.2) is 0 Å². The number of hydrogen-bond acceptors (Lipinski definition) is 4. The maximum atomic E-state index is 10.9. The van der Waals surface area contributed by atoms with E-state index in [1.54, 1.807) is 0 Å². The van der Waals surface area contributed by atoms with Crippen molar-refractivity contribution in [3.63, 3.8) is 0 Å². The van der Waals surface area contributed by atoms with E-state index in [0.717, 1.165) is 25.2 Å². The molecule has 110 valence electrons. The average Bonchev–Trinajstić information content (AvgIpc) is 2.85. The minimum Gasteiger partial charge on any atom is -0.466 e. The van der Waals surface area contributed by atoms with Gasteiger partial charge in [-0.15, -0.1) is 5.10 Å². The van der Waals surface area contributed by atoms with Crippen molar-refractivity contribution in [3.8, 4) is 0 Å². The van der Waals surface area contributed by atoms with E-state index in [0.29, 0.717) is 24.5 Å².